The molecule has 0 atom stereocenters. The van der Waals surface area contributed by atoms with E-state index in [1.165, 1.54) is 28.6 Å². The Balaban J connectivity index is 1.27. The third-order valence-electron chi connectivity index (χ3n) is 6.58. The second kappa shape index (κ2) is 11.3. The minimum Gasteiger partial charge on any atom is -0.339 e. The molecule has 0 bridgehead atoms. The third-order valence-corrected chi connectivity index (χ3v) is 8.53. The topological polar surface area (TPSA) is 88.0 Å². The van der Waals surface area contributed by atoms with E-state index in [1.54, 1.807) is 29.2 Å². The van der Waals surface area contributed by atoms with Crippen LogP contribution in [-0.2, 0) is 21.4 Å². The molecule has 4 rings (SSSR count). The molecule has 2 aromatic carbocycles. The molecule has 0 N–H and O–H groups in total. The molecule has 8 nitrogen and oxygen atoms in total. The summed E-state index contributed by atoms with van der Waals surface area (Å²) in [6, 6.07) is 14.7. The molecule has 2 aliphatic rings. The summed E-state index contributed by atoms with van der Waals surface area (Å²) < 4.78 is 40.5. The molecule has 0 aromatic heterocycles. The van der Waals surface area contributed by atoms with Crippen molar-refractivity contribution in [3.8, 4) is 6.07 Å². The molecule has 0 aliphatic carbocycles. The largest absolute Gasteiger partial charge is 0.339 e. The molecule has 35 heavy (non-hydrogen) atoms. The Hall–Kier alpha value is -2.84. The molecule has 1 amide bonds. The van der Waals surface area contributed by atoms with Gasteiger partial charge < -0.3 is 4.90 Å². The van der Waals surface area contributed by atoms with Crippen molar-refractivity contribution < 1.29 is 17.6 Å². The molecule has 186 valence electrons. The lowest BCUT2D eigenvalue weighted by molar-refractivity contribution is -0.133. The van der Waals surface area contributed by atoms with Gasteiger partial charge >= 0.3 is 0 Å². The van der Waals surface area contributed by atoms with Gasteiger partial charge in [0.15, 0.2) is 0 Å². The van der Waals surface area contributed by atoms with E-state index < -0.39 is 10.0 Å². The molecule has 2 saturated heterocycles. The fourth-order valence-corrected chi connectivity index (χ4v) is 6.15. The number of amides is 1. The Labute approximate surface area is 206 Å². The summed E-state index contributed by atoms with van der Waals surface area (Å²) in [5.74, 6) is -0.230. The molecule has 2 aliphatic heterocycles. The summed E-state index contributed by atoms with van der Waals surface area (Å²) in [5, 5.41) is 9.26. The standard InChI is InChI=1S/C25H30FN5O3S/c26-23-8-6-21(7-9-23)19-28-10-3-11-29(13-12-28)20-25(32)30-14-16-31(17-15-30)35(33,34)24-5-2-1-4-22(24)18-27/h1-2,4-9H,3,10-17,19-20H2. The number of piperazine rings is 1. The zero-order valence-electron chi connectivity index (χ0n) is 19.6. The van der Waals surface area contributed by atoms with E-state index in [0.717, 1.165) is 44.7 Å². The van der Waals surface area contributed by atoms with Crippen LogP contribution in [-0.4, -0.2) is 92.2 Å². The maximum Gasteiger partial charge on any atom is 0.244 e. The number of carbonyl (C=O) groups is 1. The lowest BCUT2D eigenvalue weighted by atomic mass is 10.2. The second-order valence-electron chi connectivity index (χ2n) is 8.93. The summed E-state index contributed by atoms with van der Waals surface area (Å²) in [4.78, 5) is 19.1. The highest BCUT2D eigenvalue weighted by Gasteiger charge is 2.32. The van der Waals surface area contributed by atoms with Gasteiger partial charge in [0, 0.05) is 45.8 Å². The highest BCUT2D eigenvalue weighted by atomic mass is 32.2. The van der Waals surface area contributed by atoms with Crippen LogP contribution in [0.5, 0.6) is 0 Å². The van der Waals surface area contributed by atoms with Crippen LogP contribution in [0.15, 0.2) is 53.4 Å². The van der Waals surface area contributed by atoms with Crippen LogP contribution in [0, 0.1) is 17.1 Å². The van der Waals surface area contributed by atoms with Gasteiger partial charge in [-0.3, -0.25) is 14.6 Å². The van der Waals surface area contributed by atoms with E-state index in [2.05, 4.69) is 9.80 Å². The normalized spacial score (nSPS) is 18.7. The van der Waals surface area contributed by atoms with E-state index in [-0.39, 0.29) is 35.3 Å². The van der Waals surface area contributed by atoms with E-state index >= 15 is 0 Å². The highest BCUT2D eigenvalue weighted by Crippen LogP contribution is 2.21. The first-order chi connectivity index (χ1) is 16.9. The highest BCUT2D eigenvalue weighted by molar-refractivity contribution is 7.89. The van der Waals surface area contributed by atoms with Gasteiger partial charge in [0.2, 0.25) is 15.9 Å². The Kier molecular flexibility index (Phi) is 8.13. The van der Waals surface area contributed by atoms with Crippen molar-refractivity contribution in [2.75, 3.05) is 58.9 Å². The van der Waals surface area contributed by atoms with Gasteiger partial charge in [0.05, 0.1) is 17.0 Å². The molecule has 0 unspecified atom stereocenters. The van der Waals surface area contributed by atoms with Crippen molar-refractivity contribution in [3.05, 3.63) is 65.5 Å². The summed E-state index contributed by atoms with van der Waals surface area (Å²) in [5.41, 5.74) is 1.20. The summed E-state index contributed by atoms with van der Waals surface area (Å²) in [7, 11) is -3.78. The first-order valence-corrected chi connectivity index (χ1v) is 13.3. The van der Waals surface area contributed by atoms with Gasteiger partial charge in [-0.25, -0.2) is 12.8 Å². The van der Waals surface area contributed by atoms with Crippen molar-refractivity contribution in [3.63, 3.8) is 0 Å². The molecule has 10 heteroatoms. The third kappa shape index (κ3) is 6.24. The quantitative estimate of drug-likeness (QED) is 0.602. The van der Waals surface area contributed by atoms with Crippen molar-refractivity contribution in [1.82, 2.24) is 19.0 Å². The molecule has 0 radical (unpaired) electrons. The fourth-order valence-electron chi connectivity index (χ4n) is 4.58. The van der Waals surface area contributed by atoms with Gasteiger partial charge in [0.1, 0.15) is 11.9 Å². The maximum atomic E-state index is 13.1. The maximum absolute atomic E-state index is 13.1. The number of sulfonamides is 1. The van der Waals surface area contributed by atoms with Crippen LogP contribution >= 0.6 is 0 Å². The van der Waals surface area contributed by atoms with Gasteiger partial charge in [-0.15, -0.1) is 0 Å². The lowest BCUT2D eigenvalue weighted by Crippen LogP contribution is -2.52. The van der Waals surface area contributed by atoms with Crippen LogP contribution in [0.4, 0.5) is 4.39 Å². The lowest BCUT2D eigenvalue weighted by Gasteiger charge is -2.35. The molecule has 2 heterocycles. The number of nitrogens with zero attached hydrogens (tertiary/aromatic N) is 5. The molecule has 0 spiro atoms. The SMILES string of the molecule is N#Cc1ccccc1S(=O)(=O)N1CCN(C(=O)CN2CCCN(Cc3ccc(F)cc3)CC2)CC1. The van der Waals surface area contributed by atoms with E-state index in [0.29, 0.717) is 19.6 Å². The minimum absolute atomic E-state index is 0.00598. The first kappa shape index (κ1) is 25.3. The van der Waals surface area contributed by atoms with Gasteiger partial charge in [-0.2, -0.15) is 9.57 Å². The van der Waals surface area contributed by atoms with Crippen molar-refractivity contribution in [2.24, 2.45) is 0 Å². The first-order valence-electron chi connectivity index (χ1n) is 11.8. The Morgan fingerprint density at radius 1 is 0.886 bits per heavy atom. The smallest absolute Gasteiger partial charge is 0.244 e. The van der Waals surface area contributed by atoms with Crippen LogP contribution in [0.3, 0.4) is 0 Å². The number of hydrogen-bond donors (Lipinski definition) is 0. The average molecular weight is 500 g/mol. The van der Waals surface area contributed by atoms with Crippen LogP contribution in [0.2, 0.25) is 0 Å². The van der Waals surface area contributed by atoms with E-state index in [9.17, 15) is 22.9 Å². The van der Waals surface area contributed by atoms with Crippen LogP contribution in [0.25, 0.3) is 0 Å². The number of benzene rings is 2. The van der Waals surface area contributed by atoms with E-state index in [4.69, 9.17) is 0 Å². The zero-order valence-corrected chi connectivity index (χ0v) is 20.5. The average Bonchev–Trinajstić information content (AvgIpc) is 3.10. The number of rotatable bonds is 6. The fraction of sp³-hybridized carbons (Fsp3) is 0.440. The predicted octanol–water partition coefficient (Wildman–Crippen LogP) is 1.74. The molecule has 0 saturated carbocycles. The minimum atomic E-state index is -3.78. The zero-order chi connectivity index (χ0) is 24.8. The summed E-state index contributed by atoms with van der Waals surface area (Å²) in [6.07, 6.45) is 0.943. The van der Waals surface area contributed by atoms with Crippen LogP contribution in [0.1, 0.15) is 17.5 Å². The van der Waals surface area contributed by atoms with Crippen LogP contribution < -0.4 is 0 Å². The van der Waals surface area contributed by atoms with E-state index in [1.807, 2.05) is 6.07 Å². The summed E-state index contributed by atoms with van der Waals surface area (Å²) >= 11 is 0. The monoisotopic (exact) mass is 499 g/mol. The number of hydrogen-bond acceptors (Lipinski definition) is 6. The number of halogens is 1. The van der Waals surface area contributed by atoms with Crippen molar-refractivity contribution in [2.45, 2.75) is 17.9 Å². The second-order valence-corrected chi connectivity index (χ2v) is 10.8. The van der Waals surface area contributed by atoms with Gasteiger partial charge in [-0.1, -0.05) is 24.3 Å². The number of carbonyl (C=O) groups excluding carboxylic acids is 1. The molecular weight excluding hydrogens is 469 g/mol. The molecule has 2 aromatic rings. The Morgan fingerprint density at radius 2 is 1.54 bits per heavy atom. The Morgan fingerprint density at radius 3 is 2.26 bits per heavy atom. The molecular formula is C25H30FN5O3S. The van der Waals surface area contributed by atoms with Crippen molar-refractivity contribution in [1.29, 1.82) is 5.26 Å². The molecule has 2 fully saturated rings. The summed E-state index contributed by atoms with van der Waals surface area (Å²) in [6.45, 7) is 5.49. The number of nitriles is 1. The van der Waals surface area contributed by atoms with Gasteiger partial charge in [0.25, 0.3) is 0 Å². The predicted molar refractivity (Wildman–Crippen MR) is 129 cm³/mol. The van der Waals surface area contributed by atoms with Crippen molar-refractivity contribution >= 4 is 15.9 Å². The Bertz CT molecular complexity index is 1170. The van der Waals surface area contributed by atoms with Gasteiger partial charge in [-0.05, 0) is 49.3 Å².